The fourth-order valence-electron chi connectivity index (χ4n) is 3.09. The van der Waals surface area contributed by atoms with Gasteiger partial charge in [-0.1, -0.05) is 15.9 Å². The third-order valence-electron chi connectivity index (χ3n) is 3.76. The van der Waals surface area contributed by atoms with Crippen LogP contribution in [0.2, 0.25) is 0 Å². The number of nitrogens with zero attached hydrogens (tertiary/aromatic N) is 1. The van der Waals surface area contributed by atoms with Crippen LogP contribution in [-0.2, 0) is 14.3 Å². The molecule has 2 bridgehead atoms. The predicted octanol–water partition coefficient (Wildman–Crippen LogP) is 2.71. The lowest BCUT2D eigenvalue weighted by atomic mass is 9.89. The van der Waals surface area contributed by atoms with Gasteiger partial charge in [-0.05, 0) is 40.5 Å². The molecule has 0 aromatic rings. The molecule has 0 N–H and O–H groups in total. The summed E-state index contributed by atoms with van der Waals surface area (Å²) in [4.78, 5) is 26.1. The summed E-state index contributed by atoms with van der Waals surface area (Å²) in [5.41, 5.74) is -0.527. The predicted molar refractivity (Wildman–Crippen MR) is 77.7 cm³/mol. The number of carbonyl (C=O) groups is 2. The molecule has 0 aromatic heterocycles. The van der Waals surface area contributed by atoms with Gasteiger partial charge in [0.1, 0.15) is 5.60 Å². The zero-order valence-electron chi connectivity index (χ0n) is 12.4. The molecule has 0 saturated carbocycles. The summed E-state index contributed by atoms with van der Waals surface area (Å²) in [5.74, 6) is -0.517. The van der Waals surface area contributed by atoms with Gasteiger partial charge in [-0.2, -0.15) is 0 Å². The minimum absolute atomic E-state index is 0.0178. The number of carbonyl (C=O) groups excluding carboxylic acids is 2. The average Bonchev–Trinajstić information content (AvgIpc) is 2.82. The number of fused-ring (bicyclic) bond motifs is 2. The van der Waals surface area contributed by atoms with Gasteiger partial charge in [0.05, 0.1) is 17.4 Å². The van der Waals surface area contributed by atoms with E-state index in [1.54, 1.807) is 11.8 Å². The smallest absolute Gasteiger partial charge is 0.410 e. The van der Waals surface area contributed by atoms with Crippen LogP contribution in [0.5, 0.6) is 0 Å². The highest BCUT2D eigenvalue weighted by molar-refractivity contribution is 9.09. The van der Waals surface area contributed by atoms with Crippen molar-refractivity contribution in [2.75, 3.05) is 6.61 Å². The largest absolute Gasteiger partial charge is 0.466 e. The van der Waals surface area contributed by atoms with Gasteiger partial charge in [-0.15, -0.1) is 0 Å². The summed E-state index contributed by atoms with van der Waals surface area (Å²) in [6.07, 6.45) is 1.40. The Morgan fingerprint density at radius 2 is 1.85 bits per heavy atom. The maximum atomic E-state index is 12.3. The van der Waals surface area contributed by atoms with Crippen molar-refractivity contribution in [3.8, 4) is 0 Å². The van der Waals surface area contributed by atoms with Crippen molar-refractivity contribution in [2.45, 2.75) is 63.0 Å². The first-order valence-corrected chi connectivity index (χ1v) is 8.00. The summed E-state index contributed by atoms with van der Waals surface area (Å²) >= 11 is 3.57. The zero-order valence-corrected chi connectivity index (χ0v) is 14.0. The molecule has 2 heterocycles. The molecule has 6 heteroatoms. The maximum Gasteiger partial charge on any atom is 0.410 e. The first-order chi connectivity index (χ1) is 9.26. The number of hydrogen-bond acceptors (Lipinski definition) is 4. The van der Waals surface area contributed by atoms with Crippen molar-refractivity contribution < 1.29 is 19.1 Å². The van der Waals surface area contributed by atoms with Gasteiger partial charge in [0.2, 0.25) is 0 Å². The van der Waals surface area contributed by atoms with Crippen LogP contribution in [0, 0.1) is 5.92 Å². The van der Waals surface area contributed by atoms with Gasteiger partial charge in [0, 0.05) is 12.1 Å². The molecule has 0 aliphatic carbocycles. The van der Waals surface area contributed by atoms with Crippen LogP contribution in [0.4, 0.5) is 4.79 Å². The lowest BCUT2D eigenvalue weighted by Crippen LogP contribution is -2.41. The zero-order chi connectivity index (χ0) is 15.1. The van der Waals surface area contributed by atoms with E-state index in [1.165, 1.54) is 0 Å². The average molecular weight is 348 g/mol. The first-order valence-electron chi connectivity index (χ1n) is 7.08. The first kappa shape index (κ1) is 15.6. The van der Waals surface area contributed by atoms with E-state index in [9.17, 15) is 9.59 Å². The Morgan fingerprint density at radius 1 is 1.25 bits per heavy atom. The number of rotatable bonds is 2. The lowest BCUT2D eigenvalue weighted by Gasteiger charge is -2.27. The van der Waals surface area contributed by atoms with E-state index in [1.807, 2.05) is 20.8 Å². The van der Waals surface area contributed by atoms with Crippen LogP contribution < -0.4 is 0 Å². The number of hydrogen-bond donors (Lipinski definition) is 0. The Bertz CT molecular complexity index is 406. The molecule has 2 aliphatic heterocycles. The normalized spacial score (nSPS) is 32.4. The molecule has 4 atom stereocenters. The van der Waals surface area contributed by atoms with E-state index in [0.717, 1.165) is 12.8 Å². The fourth-order valence-corrected chi connectivity index (χ4v) is 4.18. The Hall–Kier alpha value is -0.780. The minimum atomic E-state index is -0.527. The van der Waals surface area contributed by atoms with Crippen LogP contribution in [0.1, 0.15) is 40.5 Å². The second-order valence-corrected chi connectivity index (χ2v) is 7.38. The van der Waals surface area contributed by atoms with Crippen LogP contribution in [0.3, 0.4) is 0 Å². The van der Waals surface area contributed by atoms with Gasteiger partial charge in [0.25, 0.3) is 0 Å². The highest BCUT2D eigenvalue weighted by Crippen LogP contribution is 2.46. The van der Waals surface area contributed by atoms with E-state index in [2.05, 4.69) is 15.9 Å². The highest BCUT2D eigenvalue weighted by Gasteiger charge is 2.58. The number of halogens is 1. The molecule has 1 amide bonds. The van der Waals surface area contributed by atoms with Crippen molar-refractivity contribution in [1.29, 1.82) is 0 Å². The molecule has 2 rings (SSSR count). The number of esters is 1. The van der Waals surface area contributed by atoms with Gasteiger partial charge in [-0.3, -0.25) is 4.79 Å². The highest BCUT2D eigenvalue weighted by atomic mass is 79.9. The topological polar surface area (TPSA) is 55.8 Å². The summed E-state index contributed by atoms with van der Waals surface area (Å²) in [6.45, 7) is 7.69. The minimum Gasteiger partial charge on any atom is -0.466 e. The molecule has 114 valence electrons. The summed E-state index contributed by atoms with van der Waals surface area (Å²) < 4.78 is 10.6. The van der Waals surface area contributed by atoms with E-state index < -0.39 is 5.60 Å². The standard InChI is InChI=1S/C14H22BrNO4/c1-5-19-12(17)10-8-6-7-9(11(10)15)16(8)13(18)20-14(2,3)4/h8-11H,5-7H2,1-4H3. The van der Waals surface area contributed by atoms with Crippen molar-refractivity contribution in [3.63, 3.8) is 0 Å². The second kappa shape index (κ2) is 5.54. The Labute approximate surface area is 128 Å². The van der Waals surface area contributed by atoms with Gasteiger partial charge < -0.3 is 14.4 Å². The Morgan fingerprint density at radius 3 is 2.40 bits per heavy atom. The third kappa shape index (κ3) is 2.80. The number of alkyl halides is 1. The van der Waals surface area contributed by atoms with E-state index in [4.69, 9.17) is 9.47 Å². The molecule has 20 heavy (non-hydrogen) atoms. The molecule has 2 fully saturated rings. The summed E-state index contributed by atoms with van der Waals surface area (Å²) in [5, 5.41) is 0. The molecule has 0 spiro atoms. The summed E-state index contributed by atoms with van der Waals surface area (Å²) in [7, 11) is 0. The van der Waals surface area contributed by atoms with Gasteiger partial charge in [-0.25, -0.2) is 4.79 Å². The second-order valence-electron chi connectivity index (χ2n) is 6.32. The number of amides is 1. The lowest BCUT2D eigenvalue weighted by molar-refractivity contribution is -0.148. The van der Waals surface area contributed by atoms with Crippen molar-refractivity contribution in [3.05, 3.63) is 0 Å². The van der Waals surface area contributed by atoms with E-state index in [-0.39, 0.29) is 34.9 Å². The third-order valence-corrected chi connectivity index (χ3v) is 4.94. The van der Waals surface area contributed by atoms with Gasteiger partial charge >= 0.3 is 12.1 Å². The van der Waals surface area contributed by atoms with Crippen LogP contribution in [0.25, 0.3) is 0 Å². The fraction of sp³-hybridized carbons (Fsp3) is 0.857. The maximum absolute atomic E-state index is 12.3. The SMILES string of the molecule is CCOC(=O)C1C(Br)C2CCC1N2C(=O)OC(C)(C)C. The van der Waals surface area contributed by atoms with Crippen molar-refractivity contribution in [2.24, 2.45) is 5.92 Å². The molecule has 5 nitrogen and oxygen atoms in total. The Kier molecular flexibility index (Phi) is 4.33. The molecule has 0 aromatic carbocycles. The van der Waals surface area contributed by atoms with Crippen LogP contribution >= 0.6 is 15.9 Å². The molecular weight excluding hydrogens is 326 g/mol. The molecular formula is C14H22BrNO4. The molecule has 2 saturated heterocycles. The summed E-state index contributed by atoms with van der Waals surface area (Å²) in [6, 6.07) is -0.0949. The van der Waals surface area contributed by atoms with Gasteiger partial charge in [0.15, 0.2) is 0 Å². The molecule has 2 aliphatic rings. The monoisotopic (exact) mass is 347 g/mol. The quantitative estimate of drug-likeness (QED) is 0.569. The molecule has 4 unspecified atom stereocenters. The van der Waals surface area contributed by atoms with Crippen molar-refractivity contribution >= 4 is 28.0 Å². The van der Waals surface area contributed by atoms with E-state index >= 15 is 0 Å². The van der Waals surface area contributed by atoms with Crippen LogP contribution in [-0.4, -0.2) is 46.1 Å². The Balaban J connectivity index is 2.13. The molecule has 0 radical (unpaired) electrons. The van der Waals surface area contributed by atoms with E-state index in [0.29, 0.717) is 6.61 Å². The number of ether oxygens (including phenoxy) is 2. The van der Waals surface area contributed by atoms with Crippen molar-refractivity contribution in [1.82, 2.24) is 4.90 Å². The van der Waals surface area contributed by atoms with Crippen LogP contribution in [0.15, 0.2) is 0 Å².